The van der Waals surface area contributed by atoms with E-state index in [1.807, 2.05) is 43.5 Å². The second kappa shape index (κ2) is 5.87. The highest BCUT2D eigenvalue weighted by Crippen LogP contribution is 2.31. The molecule has 0 fully saturated rings. The second-order valence-electron chi connectivity index (χ2n) is 4.32. The van der Waals surface area contributed by atoms with Gasteiger partial charge in [0.15, 0.2) is 0 Å². The monoisotopic (exact) mass is 325 g/mol. The van der Waals surface area contributed by atoms with Crippen molar-refractivity contribution in [3.63, 3.8) is 0 Å². The number of benzene rings is 1. The SMILES string of the molecule is Cc1ccc(Br)cc1OC(c1cccs1)C(C)N. The van der Waals surface area contributed by atoms with Crippen molar-refractivity contribution in [2.24, 2.45) is 5.73 Å². The Labute approximate surface area is 120 Å². The van der Waals surface area contributed by atoms with Crippen molar-refractivity contribution in [2.75, 3.05) is 0 Å². The largest absolute Gasteiger partial charge is 0.483 e. The van der Waals surface area contributed by atoms with E-state index in [0.29, 0.717) is 0 Å². The zero-order chi connectivity index (χ0) is 13.1. The molecule has 2 aromatic rings. The zero-order valence-corrected chi connectivity index (χ0v) is 12.8. The molecule has 96 valence electrons. The first-order valence-electron chi connectivity index (χ1n) is 5.79. The first-order valence-corrected chi connectivity index (χ1v) is 7.47. The Morgan fingerprint density at radius 1 is 1.33 bits per heavy atom. The van der Waals surface area contributed by atoms with Crippen molar-refractivity contribution in [2.45, 2.75) is 26.0 Å². The van der Waals surface area contributed by atoms with Crippen molar-refractivity contribution in [3.05, 3.63) is 50.6 Å². The van der Waals surface area contributed by atoms with Crippen LogP contribution >= 0.6 is 27.3 Å². The van der Waals surface area contributed by atoms with Gasteiger partial charge in [-0.25, -0.2) is 0 Å². The fraction of sp³-hybridized carbons (Fsp3) is 0.286. The molecule has 2 nitrogen and oxygen atoms in total. The van der Waals surface area contributed by atoms with Crippen LogP contribution in [0, 0.1) is 6.92 Å². The lowest BCUT2D eigenvalue weighted by Crippen LogP contribution is -2.28. The summed E-state index contributed by atoms with van der Waals surface area (Å²) in [6.07, 6.45) is -0.0991. The Hall–Kier alpha value is -0.840. The molecule has 1 aromatic heterocycles. The lowest BCUT2D eigenvalue weighted by atomic mass is 10.1. The Bertz CT molecular complexity index is 511. The molecule has 0 saturated heterocycles. The van der Waals surface area contributed by atoms with Crippen LogP contribution in [0.15, 0.2) is 40.2 Å². The first-order chi connectivity index (χ1) is 8.58. The molecule has 1 aromatic carbocycles. The minimum Gasteiger partial charge on any atom is -0.483 e. The van der Waals surface area contributed by atoms with Gasteiger partial charge in [-0.1, -0.05) is 28.1 Å². The number of aryl methyl sites for hydroxylation is 1. The summed E-state index contributed by atoms with van der Waals surface area (Å²) in [5, 5.41) is 2.04. The van der Waals surface area contributed by atoms with Crippen LogP contribution in [0.1, 0.15) is 23.5 Å². The Morgan fingerprint density at radius 2 is 2.11 bits per heavy atom. The number of halogens is 1. The van der Waals surface area contributed by atoms with Gasteiger partial charge in [0.05, 0.1) is 0 Å². The highest BCUT2D eigenvalue weighted by Gasteiger charge is 2.20. The fourth-order valence-corrected chi connectivity index (χ4v) is 2.92. The summed E-state index contributed by atoms with van der Waals surface area (Å²) in [4.78, 5) is 1.16. The summed E-state index contributed by atoms with van der Waals surface area (Å²) in [6, 6.07) is 10.1. The molecule has 2 atom stereocenters. The summed E-state index contributed by atoms with van der Waals surface area (Å²) >= 11 is 5.14. The molecule has 4 heteroatoms. The predicted octanol–water partition coefficient (Wildman–Crippen LogP) is 4.29. The summed E-state index contributed by atoms with van der Waals surface area (Å²) in [5.74, 6) is 0.875. The average Bonchev–Trinajstić information content (AvgIpc) is 2.83. The van der Waals surface area contributed by atoms with Gasteiger partial charge in [0.2, 0.25) is 0 Å². The number of rotatable bonds is 4. The summed E-state index contributed by atoms with van der Waals surface area (Å²) in [7, 11) is 0. The molecule has 0 radical (unpaired) electrons. The molecule has 0 spiro atoms. The van der Waals surface area contributed by atoms with Crippen molar-refractivity contribution < 1.29 is 4.74 Å². The van der Waals surface area contributed by atoms with E-state index in [1.54, 1.807) is 11.3 Å². The number of nitrogens with two attached hydrogens (primary N) is 1. The first kappa shape index (κ1) is 13.6. The molecular formula is C14H16BrNOS. The minimum absolute atomic E-state index is 0.0537. The molecule has 0 aliphatic heterocycles. The average molecular weight is 326 g/mol. The number of thiophene rings is 1. The maximum Gasteiger partial charge on any atom is 0.148 e. The highest BCUT2D eigenvalue weighted by atomic mass is 79.9. The molecule has 18 heavy (non-hydrogen) atoms. The van der Waals surface area contributed by atoms with Crippen LogP contribution in [0.2, 0.25) is 0 Å². The van der Waals surface area contributed by atoms with Gasteiger partial charge in [0.25, 0.3) is 0 Å². The van der Waals surface area contributed by atoms with E-state index in [2.05, 4.69) is 22.0 Å². The lowest BCUT2D eigenvalue weighted by molar-refractivity contribution is 0.183. The smallest absolute Gasteiger partial charge is 0.148 e. The topological polar surface area (TPSA) is 35.2 Å². The van der Waals surface area contributed by atoms with Gasteiger partial charge < -0.3 is 10.5 Å². The van der Waals surface area contributed by atoms with Crippen LogP contribution in [0.4, 0.5) is 0 Å². The third-order valence-corrected chi connectivity index (χ3v) is 4.13. The maximum atomic E-state index is 6.09. The van der Waals surface area contributed by atoms with E-state index in [4.69, 9.17) is 10.5 Å². The second-order valence-corrected chi connectivity index (χ2v) is 6.22. The van der Waals surface area contributed by atoms with Crippen molar-refractivity contribution in [1.29, 1.82) is 0 Å². The Morgan fingerprint density at radius 3 is 2.72 bits per heavy atom. The van der Waals surface area contributed by atoms with Crippen molar-refractivity contribution in [1.82, 2.24) is 0 Å². The van der Waals surface area contributed by atoms with Gasteiger partial charge in [-0.15, -0.1) is 11.3 Å². The Kier molecular flexibility index (Phi) is 4.43. The molecular weight excluding hydrogens is 310 g/mol. The van der Waals surface area contributed by atoms with Crippen LogP contribution in [0.5, 0.6) is 5.75 Å². The van der Waals surface area contributed by atoms with Crippen LogP contribution in [-0.4, -0.2) is 6.04 Å². The van der Waals surface area contributed by atoms with Gasteiger partial charge in [0.1, 0.15) is 11.9 Å². The van der Waals surface area contributed by atoms with Gasteiger partial charge in [-0.05, 0) is 43.0 Å². The number of ether oxygens (including phenoxy) is 1. The highest BCUT2D eigenvalue weighted by molar-refractivity contribution is 9.10. The Balaban J connectivity index is 2.27. The van der Waals surface area contributed by atoms with E-state index in [9.17, 15) is 0 Å². The van der Waals surface area contributed by atoms with Crippen LogP contribution < -0.4 is 10.5 Å². The number of hydrogen-bond donors (Lipinski definition) is 1. The minimum atomic E-state index is -0.0991. The molecule has 0 amide bonds. The van der Waals surface area contributed by atoms with E-state index in [1.165, 1.54) is 0 Å². The molecule has 0 saturated carbocycles. The van der Waals surface area contributed by atoms with Crippen molar-refractivity contribution in [3.8, 4) is 5.75 Å². The van der Waals surface area contributed by atoms with E-state index >= 15 is 0 Å². The molecule has 1 heterocycles. The summed E-state index contributed by atoms with van der Waals surface area (Å²) in [6.45, 7) is 4.01. The molecule has 0 bridgehead atoms. The van der Waals surface area contributed by atoms with E-state index in [-0.39, 0.29) is 12.1 Å². The molecule has 2 unspecified atom stereocenters. The fourth-order valence-electron chi connectivity index (χ4n) is 1.72. The van der Waals surface area contributed by atoms with Crippen LogP contribution in [-0.2, 0) is 0 Å². The standard InChI is InChI=1S/C14H16BrNOS/c1-9-5-6-11(15)8-12(9)17-14(10(2)16)13-4-3-7-18-13/h3-8,10,14H,16H2,1-2H3. The van der Waals surface area contributed by atoms with Crippen LogP contribution in [0.3, 0.4) is 0 Å². The lowest BCUT2D eigenvalue weighted by Gasteiger charge is -2.22. The number of hydrogen-bond acceptors (Lipinski definition) is 3. The van der Waals surface area contributed by atoms with E-state index < -0.39 is 0 Å². The van der Waals surface area contributed by atoms with Gasteiger partial charge >= 0.3 is 0 Å². The quantitative estimate of drug-likeness (QED) is 0.910. The summed E-state index contributed by atoms with van der Waals surface area (Å²) in [5.41, 5.74) is 7.15. The van der Waals surface area contributed by atoms with Crippen LogP contribution in [0.25, 0.3) is 0 Å². The third-order valence-electron chi connectivity index (χ3n) is 2.71. The molecule has 2 rings (SSSR count). The van der Waals surface area contributed by atoms with Gasteiger partial charge in [0, 0.05) is 15.4 Å². The molecule has 2 N–H and O–H groups in total. The normalized spacial score (nSPS) is 14.2. The maximum absolute atomic E-state index is 6.09. The zero-order valence-electron chi connectivity index (χ0n) is 10.4. The molecule has 0 aliphatic rings. The van der Waals surface area contributed by atoms with Gasteiger partial charge in [-0.3, -0.25) is 0 Å². The van der Waals surface area contributed by atoms with Crippen molar-refractivity contribution >= 4 is 27.3 Å². The van der Waals surface area contributed by atoms with E-state index in [0.717, 1.165) is 20.7 Å². The molecule has 0 aliphatic carbocycles. The third kappa shape index (κ3) is 3.13. The predicted molar refractivity (Wildman–Crippen MR) is 80.2 cm³/mol. The summed E-state index contributed by atoms with van der Waals surface area (Å²) < 4.78 is 7.10. The van der Waals surface area contributed by atoms with Gasteiger partial charge in [-0.2, -0.15) is 0 Å².